The average molecular weight is 394 g/mol. The van der Waals surface area contributed by atoms with Crippen molar-refractivity contribution in [3.8, 4) is 0 Å². The fourth-order valence-corrected chi connectivity index (χ4v) is 4.95. The molecule has 0 amide bonds. The van der Waals surface area contributed by atoms with Gasteiger partial charge in [-0.05, 0) is 30.3 Å². The highest BCUT2D eigenvalue weighted by Gasteiger charge is 2.36. The quantitative estimate of drug-likeness (QED) is 0.251. The van der Waals surface area contributed by atoms with Crippen molar-refractivity contribution in [3.05, 3.63) is 95.8 Å². The van der Waals surface area contributed by atoms with Crippen LogP contribution in [0, 0.1) is 5.82 Å². The van der Waals surface area contributed by atoms with Gasteiger partial charge in [-0.1, -0.05) is 48.5 Å². The van der Waals surface area contributed by atoms with Crippen molar-refractivity contribution in [2.75, 3.05) is 0 Å². The van der Waals surface area contributed by atoms with Crippen molar-refractivity contribution >= 4 is 23.5 Å². The van der Waals surface area contributed by atoms with Gasteiger partial charge in [0.05, 0.1) is 10.1 Å². The molecule has 0 radical (unpaired) electrons. The Hall–Kier alpha value is -1.92. The molecule has 0 aliphatic rings. The predicted octanol–water partition coefficient (Wildman–Crippen LogP) is 7.43. The Morgan fingerprint density at radius 1 is 0.654 bits per heavy atom. The molecule has 0 unspecified atom stereocenters. The molecular formula is C20H14F4S2. The van der Waals surface area contributed by atoms with Crippen molar-refractivity contribution in [1.82, 2.24) is 0 Å². The number of thioether (sulfide) groups is 2. The van der Waals surface area contributed by atoms with E-state index in [0.717, 1.165) is 15.9 Å². The van der Waals surface area contributed by atoms with Gasteiger partial charge in [0.2, 0.25) is 0 Å². The third kappa shape index (κ3) is 4.62. The second kappa shape index (κ2) is 8.18. The van der Waals surface area contributed by atoms with Crippen LogP contribution in [0.2, 0.25) is 0 Å². The number of rotatable bonds is 5. The lowest BCUT2D eigenvalue weighted by Crippen LogP contribution is -2.10. The molecule has 0 aliphatic carbocycles. The number of halogens is 4. The van der Waals surface area contributed by atoms with E-state index in [1.54, 1.807) is 0 Å². The first-order valence-corrected chi connectivity index (χ1v) is 9.50. The SMILES string of the molecule is Fc1c(C(Sc2ccccc2)Sc2ccccc2)cccc1C(F)(F)F. The zero-order valence-electron chi connectivity index (χ0n) is 13.4. The molecular weight excluding hydrogens is 380 g/mol. The van der Waals surface area contributed by atoms with Gasteiger partial charge in [0.25, 0.3) is 0 Å². The maximum Gasteiger partial charge on any atom is 0.419 e. The molecule has 0 N–H and O–H groups in total. The van der Waals surface area contributed by atoms with Crippen molar-refractivity contribution in [2.45, 2.75) is 20.5 Å². The molecule has 0 spiro atoms. The third-order valence-electron chi connectivity index (χ3n) is 3.56. The largest absolute Gasteiger partial charge is 0.419 e. The monoisotopic (exact) mass is 394 g/mol. The number of hydrogen-bond acceptors (Lipinski definition) is 2. The molecule has 134 valence electrons. The van der Waals surface area contributed by atoms with E-state index in [1.807, 2.05) is 60.7 Å². The standard InChI is InChI=1S/C20H14F4S2/c21-18-16(12-7-13-17(18)20(22,23)24)19(25-14-8-3-1-4-9-14)26-15-10-5-2-6-11-15/h1-13,19H. The van der Waals surface area contributed by atoms with Gasteiger partial charge in [-0.3, -0.25) is 0 Å². The van der Waals surface area contributed by atoms with E-state index in [2.05, 4.69) is 0 Å². The van der Waals surface area contributed by atoms with E-state index >= 15 is 0 Å². The summed E-state index contributed by atoms with van der Waals surface area (Å²) in [5, 5.41) is 0. The smallest absolute Gasteiger partial charge is 0.206 e. The molecule has 0 saturated heterocycles. The van der Waals surface area contributed by atoms with E-state index < -0.39 is 22.1 Å². The summed E-state index contributed by atoms with van der Waals surface area (Å²) in [6.45, 7) is 0. The number of benzene rings is 3. The lowest BCUT2D eigenvalue weighted by molar-refractivity contribution is -0.140. The van der Waals surface area contributed by atoms with Crippen LogP contribution in [0.25, 0.3) is 0 Å². The maximum atomic E-state index is 14.7. The molecule has 3 aromatic rings. The molecule has 0 nitrogen and oxygen atoms in total. The minimum Gasteiger partial charge on any atom is -0.206 e. The Balaban J connectivity index is 2.00. The fourth-order valence-electron chi connectivity index (χ4n) is 2.35. The van der Waals surface area contributed by atoms with Crippen molar-refractivity contribution in [2.24, 2.45) is 0 Å². The summed E-state index contributed by atoms with van der Waals surface area (Å²) >= 11 is 2.65. The molecule has 0 bridgehead atoms. The minimum atomic E-state index is -4.72. The van der Waals surface area contributed by atoms with Gasteiger partial charge in [-0.15, -0.1) is 23.5 Å². The first-order chi connectivity index (χ1) is 12.4. The van der Waals surface area contributed by atoms with Crippen molar-refractivity contribution in [1.29, 1.82) is 0 Å². The highest BCUT2D eigenvalue weighted by Crippen LogP contribution is 2.48. The van der Waals surface area contributed by atoms with Gasteiger partial charge in [0, 0.05) is 15.4 Å². The fraction of sp³-hybridized carbons (Fsp3) is 0.100. The predicted molar refractivity (Wildman–Crippen MR) is 98.7 cm³/mol. The summed E-state index contributed by atoms with van der Waals surface area (Å²) in [6, 6.07) is 22.0. The molecule has 0 saturated carbocycles. The zero-order valence-corrected chi connectivity index (χ0v) is 15.0. The average Bonchev–Trinajstić information content (AvgIpc) is 2.62. The van der Waals surface area contributed by atoms with E-state index in [0.29, 0.717) is 0 Å². The third-order valence-corrected chi connectivity index (χ3v) is 6.16. The topological polar surface area (TPSA) is 0 Å². The number of alkyl halides is 3. The van der Waals surface area contributed by atoms with Crippen LogP contribution < -0.4 is 0 Å². The van der Waals surface area contributed by atoms with Crippen LogP contribution in [0.5, 0.6) is 0 Å². The molecule has 3 rings (SSSR count). The summed E-state index contributed by atoms with van der Waals surface area (Å²) in [7, 11) is 0. The summed E-state index contributed by atoms with van der Waals surface area (Å²) in [6.07, 6.45) is -4.72. The zero-order chi connectivity index (χ0) is 18.6. The second-order valence-electron chi connectivity index (χ2n) is 5.40. The van der Waals surface area contributed by atoms with Crippen molar-refractivity contribution < 1.29 is 17.6 Å². The Bertz CT molecular complexity index is 807. The molecule has 0 aromatic heterocycles. The molecule has 0 heterocycles. The summed E-state index contributed by atoms with van der Waals surface area (Å²) in [5.41, 5.74) is -1.20. The maximum absolute atomic E-state index is 14.7. The lowest BCUT2D eigenvalue weighted by Gasteiger charge is -2.19. The normalized spacial score (nSPS) is 11.7. The van der Waals surface area contributed by atoms with Crippen LogP contribution in [0.15, 0.2) is 88.7 Å². The Morgan fingerprint density at radius 3 is 1.62 bits per heavy atom. The molecule has 6 heteroatoms. The highest BCUT2D eigenvalue weighted by atomic mass is 32.2. The van der Waals surface area contributed by atoms with Gasteiger partial charge < -0.3 is 0 Å². The van der Waals surface area contributed by atoms with Gasteiger partial charge in [0.15, 0.2) is 0 Å². The van der Waals surface area contributed by atoms with Crippen LogP contribution in [0.3, 0.4) is 0 Å². The van der Waals surface area contributed by atoms with E-state index in [4.69, 9.17) is 0 Å². The summed E-state index contributed by atoms with van der Waals surface area (Å²) in [4.78, 5) is 1.72. The minimum absolute atomic E-state index is 0.0301. The first kappa shape index (κ1) is 18.9. The first-order valence-electron chi connectivity index (χ1n) is 7.74. The highest BCUT2D eigenvalue weighted by molar-refractivity contribution is 8.16. The van der Waals surface area contributed by atoms with Crippen LogP contribution >= 0.6 is 23.5 Å². The lowest BCUT2D eigenvalue weighted by atomic mass is 10.1. The van der Waals surface area contributed by atoms with E-state index in [9.17, 15) is 17.6 Å². The molecule has 0 fully saturated rings. The summed E-state index contributed by atoms with van der Waals surface area (Å²) < 4.78 is 53.4. The number of hydrogen-bond donors (Lipinski definition) is 0. The molecule has 26 heavy (non-hydrogen) atoms. The van der Waals surface area contributed by atoms with E-state index in [1.165, 1.54) is 35.7 Å². The van der Waals surface area contributed by atoms with Crippen LogP contribution in [0.1, 0.15) is 15.7 Å². The molecule has 3 aromatic carbocycles. The Labute approximate surface area is 157 Å². The van der Waals surface area contributed by atoms with Crippen LogP contribution in [-0.4, -0.2) is 0 Å². The van der Waals surface area contributed by atoms with Crippen LogP contribution in [0.4, 0.5) is 17.6 Å². The van der Waals surface area contributed by atoms with Gasteiger partial charge >= 0.3 is 6.18 Å². The Morgan fingerprint density at radius 2 is 1.15 bits per heavy atom. The Kier molecular flexibility index (Phi) is 5.94. The van der Waals surface area contributed by atoms with Gasteiger partial charge in [-0.25, -0.2) is 4.39 Å². The van der Waals surface area contributed by atoms with E-state index in [-0.39, 0.29) is 5.56 Å². The summed E-state index contributed by atoms with van der Waals surface area (Å²) in [5.74, 6) is -1.21. The molecule has 0 aliphatic heterocycles. The second-order valence-corrected chi connectivity index (χ2v) is 8.06. The molecule has 0 atom stereocenters. The van der Waals surface area contributed by atoms with Crippen molar-refractivity contribution in [3.63, 3.8) is 0 Å². The van der Waals surface area contributed by atoms with Gasteiger partial charge in [0.1, 0.15) is 5.82 Å². The van der Waals surface area contributed by atoms with Crippen LogP contribution in [-0.2, 0) is 6.18 Å². The van der Waals surface area contributed by atoms with Gasteiger partial charge in [-0.2, -0.15) is 13.2 Å².